The van der Waals surface area contributed by atoms with Crippen LogP contribution in [0.2, 0.25) is 0 Å². The summed E-state index contributed by atoms with van der Waals surface area (Å²) in [7, 11) is 0. The molecule has 5 heteroatoms. The second kappa shape index (κ2) is 9.28. The second-order valence-corrected chi connectivity index (χ2v) is 7.51. The van der Waals surface area contributed by atoms with Crippen LogP contribution in [0.1, 0.15) is 65.7 Å². The summed E-state index contributed by atoms with van der Waals surface area (Å²) in [6.45, 7) is 2.36. The minimum absolute atomic E-state index is 0.166. The Hall–Kier alpha value is -1.72. The SMILES string of the molecule is O=C1c2ccccc2C(=O)N1CCCCCOCC1CCC(CO)CC1. The summed E-state index contributed by atoms with van der Waals surface area (Å²) in [6, 6.07) is 7.02. The molecule has 0 atom stereocenters. The van der Waals surface area contributed by atoms with Gasteiger partial charge in [-0.3, -0.25) is 14.5 Å². The predicted octanol–water partition coefficient (Wildman–Crippen LogP) is 3.27. The number of aliphatic hydroxyl groups is 1. The molecule has 1 N–H and O–H groups in total. The van der Waals surface area contributed by atoms with Crippen LogP contribution < -0.4 is 0 Å². The summed E-state index contributed by atoms with van der Waals surface area (Å²) in [5, 5.41) is 9.16. The summed E-state index contributed by atoms with van der Waals surface area (Å²) in [5.74, 6) is 0.796. The Morgan fingerprint density at radius 2 is 1.54 bits per heavy atom. The molecule has 0 aromatic heterocycles. The van der Waals surface area contributed by atoms with Gasteiger partial charge in [0.05, 0.1) is 11.1 Å². The molecule has 1 saturated carbocycles. The minimum atomic E-state index is -0.166. The maximum absolute atomic E-state index is 12.3. The Bertz CT molecular complexity index is 587. The van der Waals surface area contributed by atoms with E-state index in [1.807, 2.05) is 0 Å². The molecule has 1 aromatic carbocycles. The highest BCUT2D eigenvalue weighted by atomic mass is 16.5. The average Bonchev–Trinajstić information content (AvgIpc) is 2.92. The number of carbonyl (C=O) groups excluding carboxylic acids is 2. The molecule has 2 aliphatic rings. The molecule has 1 fully saturated rings. The lowest BCUT2D eigenvalue weighted by Gasteiger charge is -2.27. The lowest BCUT2D eigenvalue weighted by Crippen LogP contribution is -2.30. The zero-order chi connectivity index (χ0) is 18.4. The first-order valence-corrected chi connectivity index (χ1v) is 9.84. The standard InChI is InChI=1S/C21H29NO4/c23-14-16-8-10-17(11-9-16)15-26-13-5-1-4-12-22-20(24)18-6-2-3-7-19(18)21(22)25/h2-3,6-7,16-17,23H,1,4-5,8-15H2. The molecule has 2 amide bonds. The third-order valence-corrected chi connectivity index (χ3v) is 5.63. The molecule has 142 valence electrons. The first-order valence-electron chi connectivity index (χ1n) is 9.84. The van der Waals surface area contributed by atoms with Gasteiger partial charge in [0, 0.05) is 26.4 Å². The van der Waals surface area contributed by atoms with Gasteiger partial charge in [0.15, 0.2) is 0 Å². The smallest absolute Gasteiger partial charge is 0.261 e. The number of unbranched alkanes of at least 4 members (excludes halogenated alkanes) is 2. The zero-order valence-corrected chi connectivity index (χ0v) is 15.4. The van der Waals surface area contributed by atoms with Crippen molar-refractivity contribution in [3.8, 4) is 0 Å². The van der Waals surface area contributed by atoms with Gasteiger partial charge in [0.25, 0.3) is 11.8 Å². The fourth-order valence-electron chi connectivity index (χ4n) is 3.92. The topological polar surface area (TPSA) is 66.8 Å². The van der Waals surface area contributed by atoms with Crippen LogP contribution in [0.3, 0.4) is 0 Å². The van der Waals surface area contributed by atoms with Crippen LogP contribution in [-0.4, -0.2) is 48.2 Å². The van der Waals surface area contributed by atoms with Crippen molar-refractivity contribution in [3.63, 3.8) is 0 Å². The summed E-state index contributed by atoms with van der Waals surface area (Å²) >= 11 is 0. The van der Waals surface area contributed by atoms with E-state index in [4.69, 9.17) is 9.84 Å². The Kier molecular flexibility index (Phi) is 6.80. The Morgan fingerprint density at radius 3 is 2.15 bits per heavy atom. The van der Waals surface area contributed by atoms with E-state index in [1.165, 1.54) is 4.90 Å². The van der Waals surface area contributed by atoms with Gasteiger partial charge in [-0.15, -0.1) is 0 Å². The molecule has 26 heavy (non-hydrogen) atoms. The lowest BCUT2D eigenvalue weighted by atomic mass is 9.83. The quantitative estimate of drug-likeness (QED) is 0.543. The number of benzene rings is 1. The highest BCUT2D eigenvalue weighted by Gasteiger charge is 2.34. The number of ether oxygens (including phenoxy) is 1. The van der Waals surface area contributed by atoms with Gasteiger partial charge < -0.3 is 9.84 Å². The molecule has 1 aliphatic carbocycles. The molecule has 3 rings (SSSR count). The van der Waals surface area contributed by atoms with Crippen molar-refractivity contribution >= 4 is 11.8 Å². The Labute approximate surface area is 155 Å². The minimum Gasteiger partial charge on any atom is -0.396 e. The van der Waals surface area contributed by atoms with Gasteiger partial charge in [0.1, 0.15) is 0 Å². The molecule has 0 saturated heterocycles. The molecule has 1 aromatic rings. The summed E-state index contributed by atoms with van der Waals surface area (Å²) in [6.07, 6.45) is 7.27. The van der Waals surface area contributed by atoms with E-state index in [-0.39, 0.29) is 11.8 Å². The number of hydrogen-bond donors (Lipinski definition) is 1. The normalized spacial score (nSPS) is 22.7. The highest BCUT2D eigenvalue weighted by molar-refractivity contribution is 6.21. The van der Waals surface area contributed by atoms with Crippen LogP contribution in [0.25, 0.3) is 0 Å². The number of aliphatic hydroxyl groups excluding tert-OH is 1. The molecule has 5 nitrogen and oxygen atoms in total. The molecular weight excluding hydrogens is 330 g/mol. The van der Waals surface area contributed by atoms with E-state index < -0.39 is 0 Å². The molecule has 1 aliphatic heterocycles. The molecule has 1 heterocycles. The zero-order valence-electron chi connectivity index (χ0n) is 15.4. The first kappa shape index (κ1) is 19.1. The number of hydrogen-bond acceptors (Lipinski definition) is 4. The van der Waals surface area contributed by atoms with Crippen LogP contribution in [0, 0.1) is 11.8 Å². The van der Waals surface area contributed by atoms with Crippen molar-refractivity contribution < 1.29 is 19.4 Å². The number of nitrogens with zero attached hydrogens (tertiary/aromatic N) is 1. The molecule has 0 unspecified atom stereocenters. The summed E-state index contributed by atoms with van der Waals surface area (Å²) in [5.41, 5.74) is 1.05. The van der Waals surface area contributed by atoms with Crippen LogP contribution >= 0.6 is 0 Å². The maximum atomic E-state index is 12.3. The van der Waals surface area contributed by atoms with Crippen LogP contribution in [0.15, 0.2) is 24.3 Å². The Morgan fingerprint density at radius 1 is 0.923 bits per heavy atom. The maximum Gasteiger partial charge on any atom is 0.261 e. The second-order valence-electron chi connectivity index (χ2n) is 7.51. The summed E-state index contributed by atoms with van der Waals surface area (Å²) < 4.78 is 5.80. The number of imide groups is 1. The van der Waals surface area contributed by atoms with Crippen LogP contribution in [-0.2, 0) is 4.74 Å². The van der Waals surface area contributed by atoms with Gasteiger partial charge >= 0.3 is 0 Å². The van der Waals surface area contributed by atoms with E-state index >= 15 is 0 Å². The van der Waals surface area contributed by atoms with Gasteiger partial charge in [-0.1, -0.05) is 12.1 Å². The van der Waals surface area contributed by atoms with Crippen molar-refractivity contribution in [1.29, 1.82) is 0 Å². The van der Waals surface area contributed by atoms with Crippen LogP contribution in [0.4, 0.5) is 0 Å². The largest absolute Gasteiger partial charge is 0.396 e. The third-order valence-electron chi connectivity index (χ3n) is 5.63. The lowest BCUT2D eigenvalue weighted by molar-refractivity contribution is 0.0630. The van der Waals surface area contributed by atoms with Gasteiger partial charge in [0.2, 0.25) is 0 Å². The van der Waals surface area contributed by atoms with Gasteiger partial charge in [-0.25, -0.2) is 0 Å². The monoisotopic (exact) mass is 359 g/mol. The van der Waals surface area contributed by atoms with E-state index in [0.29, 0.717) is 36.1 Å². The van der Waals surface area contributed by atoms with Crippen LogP contribution in [0.5, 0.6) is 0 Å². The van der Waals surface area contributed by atoms with Gasteiger partial charge in [-0.05, 0) is 68.9 Å². The van der Waals surface area contributed by atoms with E-state index in [1.54, 1.807) is 24.3 Å². The Balaban J connectivity index is 1.26. The summed E-state index contributed by atoms with van der Waals surface area (Å²) in [4.78, 5) is 25.9. The van der Waals surface area contributed by atoms with E-state index in [2.05, 4.69) is 0 Å². The van der Waals surface area contributed by atoms with Crippen molar-refractivity contribution in [2.75, 3.05) is 26.4 Å². The number of carbonyl (C=O) groups is 2. The van der Waals surface area contributed by atoms with Crippen molar-refractivity contribution in [3.05, 3.63) is 35.4 Å². The number of amides is 2. The predicted molar refractivity (Wildman–Crippen MR) is 99.0 cm³/mol. The number of rotatable bonds is 9. The first-order chi connectivity index (χ1) is 12.7. The van der Waals surface area contributed by atoms with Crippen molar-refractivity contribution in [2.24, 2.45) is 11.8 Å². The molecular formula is C21H29NO4. The number of fused-ring (bicyclic) bond motifs is 1. The highest BCUT2D eigenvalue weighted by Crippen LogP contribution is 2.28. The van der Waals surface area contributed by atoms with E-state index in [9.17, 15) is 9.59 Å². The van der Waals surface area contributed by atoms with E-state index in [0.717, 1.165) is 58.2 Å². The molecule has 0 spiro atoms. The molecule has 0 radical (unpaired) electrons. The van der Waals surface area contributed by atoms with Crippen molar-refractivity contribution in [2.45, 2.75) is 44.9 Å². The third kappa shape index (κ3) is 4.51. The molecule has 0 bridgehead atoms. The fourth-order valence-corrected chi connectivity index (χ4v) is 3.92. The van der Waals surface area contributed by atoms with Gasteiger partial charge in [-0.2, -0.15) is 0 Å². The fraction of sp³-hybridized carbons (Fsp3) is 0.619. The van der Waals surface area contributed by atoms with Crippen molar-refractivity contribution in [1.82, 2.24) is 4.90 Å². The average molecular weight is 359 g/mol.